The summed E-state index contributed by atoms with van der Waals surface area (Å²) in [7, 11) is 1.73. The summed E-state index contributed by atoms with van der Waals surface area (Å²) in [5.74, 6) is 0. The van der Waals surface area contributed by atoms with Gasteiger partial charge in [0.05, 0.1) is 12.2 Å². The maximum atomic E-state index is 11.1. The number of hydrogen-bond acceptors (Lipinski definition) is 4. The summed E-state index contributed by atoms with van der Waals surface area (Å²) in [5, 5.41) is 6.18. The lowest BCUT2D eigenvalue weighted by atomic mass is 10.4. The average molecular weight is 221 g/mol. The highest BCUT2D eigenvalue weighted by molar-refractivity contribution is 7.09. The Kier molecular flexibility index (Phi) is 2.82. The molecular formula is C10H11N3OS. The van der Waals surface area contributed by atoms with Crippen LogP contribution in [0.15, 0.2) is 34.7 Å². The zero-order valence-corrected chi connectivity index (χ0v) is 9.12. The van der Waals surface area contributed by atoms with E-state index in [0.29, 0.717) is 6.54 Å². The van der Waals surface area contributed by atoms with Gasteiger partial charge in [0.1, 0.15) is 5.01 Å². The van der Waals surface area contributed by atoms with Crippen LogP contribution in [0.5, 0.6) is 0 Å². The number of pyridine rings is 1. The van der Waals surface area contributed by atoms with Crippen molar-refractivity contribution < 1.29 is 0 Å². The molecule has 1 N–H and O–H groups in total. The molecule has 15 heavy (non-hydrogen) atoms. The Hall–Kier alpha value is -1.62. The molecule has 5 heteroatoms. The largest absolute Gasteiger partial charge is 0.377 e. The monoisotopic (exact) mass is 221 g/mol. The third kappa shape index (κ3) is 2.44. The van der Waals surface area contributed by atoms with E-state index in [-0.39, 0.29) is 5.56 Å². The van der Waals surface area contributed by atoms with Crippen LogP contribution in [0.1, 0.15) is 5.01 Å². The Bertz CT molecular complexity index is 490. The zero-order valence-electron chi connectivity index (χ0n) is 8.30. The first-order valence-corrected chi connectivity index (χ1v) is 5.42. The van der Waals surface area contributed by atoms with Crippen molar-refractivity contribution in [1.29, 1.82) is 0 Å². The minimum Gasteiger partial charge on any atom is -0.377 e. The Balaban J connectivity index is 2.05. The first-order valence-electron chi connectivity index (χ1n) is 4.54. The van der Waals surface area contributed by atoms with Crippen LogP contribution >= 0.6 is 11.3 Å². The highest BCUT2D eigenvalue weighted by Gasteiger charge is 1.97. The van der Waals surface area contributed by atoms with Crippen molar-refractivity contribution in [3.63, 3.8) is 0 Å². The number of aryl methyl sites for hydroxylation is 1. The summed E-state index contributed by atoms with van der Waals surface area (Å²) in [5.41, 5.74) is 0.919. The van der Waals surface area contributed by atoms with Crippen LogP contribution in [0.25, 0.3) is 0 Å². The fourth-order valence-corrected chi connectivity index (χ4v) is 1.77. The number of thiazole rings is 1. The number of nitrogens with zero attached hydrogens (tertiary/aromatic N) is 2. The highest BCUT2D eigenvalue weighted by Crippen LogP contribution is 2.08. The molecule has 0 aliphatic carbocycles. The van der Waals surface area contributed by atoms with Gasteiger partial charge in [-0.2, -0.15) is 0 Å². The highest BCUT2D eigenvalue weighted by atomic mass is 32.1. The zero-order chi connectivity index (χ0) is 10.7. The van der Waals surface area contributed by atoms with Gasteiger partial charge in [0.25, 0.3) is 0 Å². The molecule has 0 fully saturated rings. The van der Waals surface area contributed by atoms with Crippen LogP contribution in [0.2, 0.25) is 0 Å². The number of hydrogen-bond donors (Lipinski definition) is 1. The lowest BCUT2D eigenvalue weighted by Crippen LogP contribution is -2.15. The molecule has 0 aliphatic heterocycles. The summed E-state index contributed by atoms with van der Waals surface area (Å²) in [6.07, 6.45) is 3.55. The van der Waals surface area contributed by atoms with Crippen LogP contribution in [-0.4, -0.2) is 9.55 Å². The van der Waals surface area contributed by atoms with Crippen molar-refractivity contribution in [2.45, 2.75) is 6.54 Å². The molecule has 2 aromatic heterocycles. The van der Waals surface area contributed by atoms with Gasteiger partial charge in [-0.15, -0.1) is 11.3 Å². The van der Waals surface area contributed by atoms with E-state index in [2.05, 4.69) is 10.3 Å². The van der Waals surface area contributed by atoms with Gasteiger partial charge < -0.3 is 9.88 Å². The maximum absolute atomic E-state index is 11.1. The second-order valence-electron chi connectivity index (χ2n) is 3.15. The normalized spacial score (nSPS) is 10.2. The van der Waals surface area contributed by atoms with Gasteiger partial charge in [0.2, 0.25) is 5.56 Å². The summed E-state index contributed by atoms with van der Waals surface area (Å²) < 4.78 is 1.55. The number of aromatic nitrogens is 2. The fourth-order valence-electron chi connectivity index (χ4n) is 1.22. The van der Waals surface area contributed by atoms with Gasteiger partial charge in [0, 0.05) is 30.9 Å². The second-order valence-corrected chi connectivity index (χ2v) is 4.13. The standard InChI is InChI=1S/C10H11N3OS/c1-13-7-8(2-3-10(13)14)12-6-9-11-4-5-15-9/h2-5,7,12H,6H2,1H3. The number of nitrogens with one attached hydrogen (secondary N) is 1. The molecule has 2 rings (SSSR count). The maximum Gasteiger partial charge on any atom is 0.250 e. The molecule has 0 spiro atoms. The SMILES string of the molecule is Cn1cc(NCc2nccs2)ccc1=O. The molecule has 0 atom stereocenters. The smallest absolute Gasteiger partial charge is 0.250 e. The summed E-state index contributed by atoms with van der Waals surface area (Å²) in [6, 6.07) is 3.32. The Morgan fingerprint density at radius 1 is 1.53 bits per heavy atom. The molecule has 0 saturated heterocycles. The molecule has 2 aromatic rings. The van der Waals surface area contributed by atoms with Crippen LogP contribution in [0.4, 0.5) is 5.69 Å². The summed E-state index contributed by atoms with van der Waals surface area (Å²) in [4.78, 5) is 15.3. The third-order valence-corrected chi connectivity index (χ3v) is 2.79. The van der Waals surface area contributed by atoms with E-state index in [0.717, 1.165) is 10.7 Å². The second kappa shape index (κ2) is 4.27. The van der Waals surface area contributed by atoms with Gasteiger partial charge in [-0.3, -0.25) is 4.79 Å². The van der Waals surface area contributed by atoms with E-state index in [1.165, 1.54) is 0 Å². The lowest BCUT2D eigenvalue weighted by molar-refractivity contribution is 0.859. The molecule has 0 bridgehead atoms. The molecule has 0 unspecified atom stereocenters. The molecular weight excluding hydrogens is 210 g/mol. The van der Waals surface area contributed by atoms with E-state index in [1.807, 2.05) is 5.38 Å². The van der Waals surface area contributed by atoms with Crippen LogP contribution < -0.4 is 10.9 Å². The van der Waals surface area contributed by atoms with Crippen molar-refractivity contribution >= 4 is 17.0 Å². The van der Waals surface area contributed by atoms with Crippen molar-refractivity contribution in [2.75, 3.05) is 5.32 Å². The molecule has 0 saturated carbocycles. The van der Waals surface area contributed by atoms with Gasteiger partial charge in [-0.25, -0.2) is 4.98 Å². The van der Waals surface area contributed by atoms with E-state index in [9.17, 15) is 4.79 Å². The molecule has 2 heterocycles. The van der Waals surface area contributed by atoms with Gasteiger partial charge in [-0.1, -0.05) is 0 Å². The van der Waals surface area contributed by atoms with Crippen molar-refractivity contribution in [3.05, 3.63) is 45.3 Å². The van der Waals surface area contributed by atoms with Gasteiger partial charge >= 0.3 is 0 Å². The Morgan fingerprint density at radius 3 is 3.07 bits per heavy atom. The molecule has 4 nitrogen and oxygen atoms in total. The van der Waals surface area contributed by atoms with Crippen molar-refractivity contribution in [1.82, 2.24) is 9.55 Å². The Morgan fingerprint density at radius 2 is 2.40 bits per heavy atom. The quantitative estimate of drug-likeness (QED) is 0.853. The van der Waals surface area contributed by atoms with Gasteiger partial charge in [0.15, 0.2) is 0 Å². The average Bonchev–Trinajstić information content (AvgIpc) is 2.73. The van der Waals surface area contributed by atoms with Gasteiger partial charge in [-0.05, 0) is 6.07 Å². The molecule has 0 amide bonds. The van der Waals surface area contributed by atoms with Crippen molar-refractivity contribution in [2.24, 2.45) is 7.05 Å². The predicted molar refractivity (Wildman–Crippen MR) is 61.1 cm³/mol. The van der Waals surface area contributed by atoms with Crippen molar-refractivity contribution in [3.8, 4) is 0 Å². The summed E-state index contributed by atoms with van der Waals surface area (Å²) in [6.45, 7) is 0.690. The molecule has 0 radical (unpaired) electrons. The third-order valence-electron chi connectivity index (χ3n) is 2.01. The van der Waals surface area contributed by atoms with Crippen LogP contribution in [-0.2, 0) is 13.6 Å². The van der Waals surface area contributed by atoms with E-state index in [1.54, 1.807) is 47.5 Å². The number of anilines is 1. The number of rotatable bonds is 3. The lowest BCUT2D eigenvalue weighted by Gasteiger charge is -2.05. The molecule has 0 aromatic carbocycles. The molecule has 0 aliphatic rings. The fraction of sp³-hybridized carbons (Fsp3) is 0.200. The minimum absolute atomic E-state index is 0.00482. The van der Waals surface area contributed by atoms with Crippen LogP contribution in [0.3, 0.4) is 0 Å². The minimum atomic E-state index is -0.00482. The van der Waals surface area contributed by atoms with Crippen LogP contribution in [0, 0.1) is 0 Å². The van der Waals surface area contributed by atoms with E-state index < -0.39 is 0 Å². The van der Waals surface area contributed by atoms with E-state index >= 15 is 0 Å². The topological polar surface area (TPSA) is 46.9 Å². The summed E-state index contributed by atoms with van der Waals surface area (Å²) >= 11 is 1.61. The first-order chi connectivity index (χ1) is 7.25. The molecule has 78 valence electrons. The first kappa shape index (κ1) is 9.92. The Labute approximate surface area is 91.2 Å². The van der Waals surface area contributed by atoms with E-state index in [4.69, 9.17) is 0 Å². The predicted octanol–water partition coefficient (Wildman–Crippen LogP) is 1.45.